The van der Waals surface area contributed by atoms with E-state index in [1.54, 1.807) is 6.21 Å². The van der Waals surface area contributed by atoms with E-state index in [-0.39, 0.29) is 0 Å². The Morgan fingerprint density at radius 2 is 1.95 bits per heavy atom. The highest BCUT2D eigenvalue weighted by atomic mass is 32.1. The molecule has 0 fully saturated rings. The number of aryl methyl sites for hydroxylation is 1. The van der Waals surface area contributed by atoms with Crippen molar-refractivity contribution in [2.24, 2.45) is 5.10 Å². The van der Waals surface area contributed by atoms with E-state index in [0.717, 1.165) is 22.2 Å². The second kappa shape index (κ2) is 6.41. The van der Waals surface area contributed by atoms with Gasteiger partial charge in [0.2, 0.25) is 0 Å². The van der Waals surface area contributed by atoms with E-state index in [9.17, 15) is 0 Å². The van der Waals surface area contributed by atoms with Crippen LogP contribution in [0.25, 0.3) is 10.9 Å². The molecule has 0 radical (unpaired) electrons. The number of thiocarbonyl (C=S) groups is 1. The van der Waals surface area contributed by atoms with Crippen molar-refractivity contribution in [3.8, 4) is 0 Å². The zero-order valence-electron chi connectivity index (χ0n) is 12.1. The van der Waals surface area contributed by atoms with E-state index in [1.165, 1.54) is 5.56 Å². The van der Waals surface area contributed by atoms with Crippen molar-refractivity contribution in [3.05, 3.63) is 65.9 Å². The topological polar surface area (TPSA) is 52.2 Å². The SMILES string of the molecule is Cc1ccc(NC(=S)N/N=C\c2cccc3[nH]ccc23)cc1. The number of hydrogen-bond acceptors (Lipinski definition) is 2. The Morgan fingerprint density at radius 3 is 2.77 bits per heavy atom. The molecule has 0 saturated heterocycles. The van der Waals surface area contributed by atoms with E-state index in [1.807, 2.05) is 61.7 Å². The first-order chi connectivity index (χ1) is 10.7. The van der Waals surface area contributed by atoms with Gasteiger partial charge < -0.3 is 10.3 Å². The molecule has 0 unspecified atom stereocenters. The van der Waals surface area contributed by atoms with Crippen molar-refractivity contribution in [1.29, 1.82) is 0 Å². The van der Waals surface area contributed by atoms with Crippen LogP contribution in [0.2, 0.25) is 0 Å². The number of rotatable bonds is 3. The highest BCUT2D eigenvalue weighted by Crippen LogP contribution is 2.15. The number of aromatic amines is 1. The predicted molar refractivity (Wildman–Crippen MR) is 96.4 cm³/mol. The second-order valence-corrected chi connectivity index (χ2v) is 5.38. The monoisotopic (exact) mass is 308 g/mol. The molecule has 0 amide bonds. The smallest absolute Gasteiger partial charge is 0.191 e. The molecule has 4 nitrogen and oxygen atoms in total. The van der Waals surface area contributed by atoms with E-state index >= 15 is 0 Å². The van der Waals surface area contributed by atoms with Gasteiger partial charge in [0.05, 0.1) is 6.21 Å². The lowest BCUT2D eigenvalue weighted by Crippen LogP contribution is -2.23. The Labute approximate surface area is 134 Å². The van der Waals surface area contributed by atoms with Gasteiger partial charge in [0.25, 0.3) is 0 Å². The number of hydrazone groups is 1. The van der Waals surface area contributed by atoms with Crippen LogP contribution in [0, 0.1) is 6.92 Å². The molecule has 0 spiro atoms. The van der Waals surface area contributed by atoms with Crippen molar-refractivity contribution in [2.45, 2.75) is 6.92 Å². The highest BCUT2D eigenvalue weighted by molar-refractivity contribution is 7.80. The molecule has 3 rings (SSSR count). The van der Waals surface area contributed by atoms with E-state index in [0.29, 0.717) is 5.11 Å². The number of anilines is 1. The summed E-state index contributed by atoms with van der Waals surface area (Å²) in [6.07, 6.45) is 3.68. The zero-order chi connectivity index (χ0) is 15.4. The molecule has 3 aromatic rings. The lowest BCUT2D eigenvalue weighted by Gasteiger charge is -2.07. The molecule has 110 valence electrons. The molecule has 3 N–H and O–H groups in total. The fourth-order valence-corrected chi connectivity index (χ4v) is 2.35. The molecule has 0 saturated carbocycles. The van der Waals surface area contributed by atoms with Gasteiger partial charge in [-0.15, -0.1) is 0 Å². The summed E-state index contributed by atoms with van der Waals surface area (Å²) in [5.74, 6) is 0. The zero-order valence-corrected chi connectivity index (χ0v) is 12.9. The maximum absolute atomic E-state index is 5.22. The summed E-state index contributed by atoms with van der Waals surface area (Å²) in [6, 6.07) is 16.1. The molecule has 1 heterocycles. The van der Waals surface area contributed by atoms with E-state index in [4.69, 9.17) is 12.2 Å². The first-order valence-electron chi connectivity index (χ1n) is 6.95. The summed E-state index contributed by atoms with van der Waals surface area (Å²) in [4.78, 5) is 3.18. The summed E-state index contributed by atoms with van der Waals surface area (Å²) in [7, 11) is 0. The number of aromatic nitrogens is 1. The molecule has 0 aliphatic carbocycles. The first kappa shape index (κ1) is 14.3. The average Bonchev–Trinajstić information content (AvgIpc) is 2.99. The van der Waals surface area contributed by atoms with Crippen LogP contribution in [-0.4, -0.2) is 16.3 Å². The third kappa shape index (κ3) is 3.32. The summed E-state index contributed by atoms with van der Waals surface area (Å²) in [5.41, 5.74) is 7.10. The van der Waals surface area contributed by atoms with Crippen LogP contribution >= 0.6 is 12.2 Å². The van der Waals surface area contributed by atoms with Crippen molar-refractivity contribution in [1.82, 2.24) is 10.4 Å². The fraction of sp³-hybridized carbons (Fsp3) is 0.0588. The minimum absolute atomic E-state index is 0.460. The van der Waals surface area contributed by atoms with Crippen LogP contribution in [0.1, 0.15) is 11.1 Å². The van der Waals surface area contributed by atoms with Crippen LogP contribution in [0.15, 0.2) is 59.8 Å². The number of benzene rings is 2. The van der Waals surface area contributed by atoms with Crippen LogP contribution < -0.4 is 10.7 Å². The predicted octanol–water partition coefficient (Wildman–Crippen LogP) is 3.80. The average molecular weight is 308 g/mol. The molecule has 1 aromatic heterocycles. The number of H-pyrrole nitrogens is 1. The Bertz CT molecular complexity index is 818. The van der Waals surface area contributed by atoms with Gasteiger partial charge in [-0.05, 0) is 43.4 Å². The first-order valence-corrected chi connectivity index (χ1v) is 7.36. The van der Waals surface area contributed by atoms with Gasteiger partial charge in [0, 0.05) is 28.4 Å². The van der Waals surface area contributed by atoms with Gasteiger partial charge in [-0.2, -0.15) is 5.10 Å². The van der Waals surface area contributed by atoms with Gasteiger partial charge in [0.15, 0.2) is 5.11 Å². The van der Waals surface area contributed by atoms with Crippen molar-refractivity contribution in [2.75, 3.05) is 5.32 Å². The van der Waals surface area contributed by atoms with Gasteiger partial charge in [-0.1, -0.05) is 29.8 Å². The molecule has 22 heavy (non-hydrogen) atoms. The van der Waals surface area contributed by atoms with Gasteiger partial charge in [-0.3, -0.25) is 5.43 Å². The second-order valence-electron chi connectivity index (χ2n) is 4.98. The van der Waals surface area contributed by atoms with Gasteiger partial charge in [0.1, 0.15) is 0 Å². The molecule has 0 aliphatic heterocycles. The fourth-order valence-electron chi connectivity index (χ4n) is 2.18. The molecular formula is C17H16N4S. The van der Waals surface area contributed by atoms with Gasteiger partial charge >= 0.3 is 0 Å². The molecule has 0 bridgehead atoms. The van der Waals surface area contributed by atoms with E-state index < -0.39 is 0 Å². The Hall–Kier alpha value is -2.66. The summed E-state index contributed by atoms with van der Waals surface area (Å²) in [5, 5.41) is 8.87. The third-order valence-electron chi connectivity index (χ3n) is 3.31. The number of nitrogens with one attached hydrogen (secondary N) is 3. The maximum atomic E-state index is 5.22. The van der Waals surface area contributed by atoms with Crippen molar-refractivity contribution >= 4 is 40.1 Å². The lowest BCUT2D eigenvalue weighted by atomic mass is 10.1. The Kier molecular flexibility index (Phi) is 4.16. The quantitative estimate of drug-likeness (QED) is 0.392. The van der Waals surface area contributed by atoms with Crippen molar-refractivity contribution in [3.63, 3.8) is 0 Å². The third-order valence-corrected chi connectivity index (χ3v) is 3.50. The van der Waals surface area contributed by atoms with Gasteiger partial charge in [-0.25, -0.2) is 0 Å². The minimum atomic E-state index is 0.460. The standard InChI is InChI=1S/C17H16N4S/c1-12-5-7-14(8-6-12)20-17(22)21-19-11-13-3-2-4-16-15(13)9-10-18-16/h2-11,18H,1H3,(H2,20,21,22)/b19-11-. The van der Waals surface area contributed by atoms with Crippen LogP contribution in [0.4, 0.5) is 5.69 Å². The number of hydrogen-bond donors (Lipinski definition) is 3. The maximum Gasteiger partial charge on any atom is 0.191 e. The van der Waals surface area contributed by atoms with Crippen molar-refractivity contribution < 1.29 is 0 Å². The Morgan fingerprint density at radius 1 is 1.14 bits per heavy atom. The number of fused-ring (bicyclic) bond motifs is 1. The minimum Gasteiger partial charge on any atom is -0.361 e. The van der Waals surface area contributed by atoms with E-state index in [2.05, 4.69) is 20.8 Å². The highest BCUT2D eigenvalue weighted by Gasteiger charge is 1.99. The Balaban J connectivity index is 1.63. The largest absolute Gasteiger partial charge is 0.361 e. The summed E-state index contributed by atoms with van der Waals surface area (Å²) in [6.45, 7) is 2.05. The summed E-state index contributed by atoms with van der Waals surface area (Å²) < 4.78 is 0. The molecule has 0 atom stereocenters. The van der Waals surface area contributed by atoms with Crippen LogP contribution in [-0.2, 0) is 0 Å². The lowest BCUT2D eigenvalue weighted by molar-refractivity contribution is 1.05. The number of nitrogens with zero attached hydrogens (tertiary/aromatic N) is 1. The normalized spacial score (nSPS) is 11.0. The molecular weight excluding hydrogens is 292 g/mol. The molecule has 2 aromatic carbocycles. The van der Waals surface area contributed by atoms with Crippen LogP contribution in [0.5, 0.6) is 0 Å². The summed E-state index contributed by atoms with van der Waals surface area (Å²) >= 11 is 5.22. The molecule has 0 aliphatic rings. The molecule has 5 heteroatoms. The van der Waals surface area contributed by atoms with Crippen LogP contribution in [0.3, 0.4) is 0 Å².